The summed E-state index contributed by atoms with van der Waals surface area (Å²) in [5.74, 6) is 1.92. The molecule has 8 heteroatoms. The second-order valence-corrected chi connectivity index (χ2v) is 10.3. The fraction of sp³-hybridized carbons (Fsp3) is 0.250. The van der Waals surface area contributed by atoms with E-state index in [1.54, 1.807) is 6.33 Å². The maximum atomic E-state index is 6.84. The lowest BCUT2D eigenvalue weighted by atomic mass is 9.80. The minimum Gasteiger partial charge on any atom is -0.383 e. The van der Waals surface area contributed by atoms with Crippen LogP contribution in [0.3, 0.4) is 0 Å². The molecule has 1 aliphatic carbocycles. The second-order valence-electron chi connectivity index (χ2n) is 9.87. The highest BCUT2D eigenvalue weighted by molar-refractivity contribution is 6.34. The third-order valence-corrected chi connectivity index (χ3v) is 7.29. The molecule has 0 amide bonds. The van der Waals surface area contributed by atoms with Gasteiger partial charge in [-0.1, -0.05) is 29.8 Å². The number of aromatic nitrogens is 4. The zero-order chi connectivity index (χ0) is 24.8. The Hall–Kier alpha value is -3.68. The maximum absolute atomic E-state index is 6.84. The van der Waals surface area contributed by atoms with Gasteiger partial charge in [-0.15, -0.1) is 0 Å². The quantitative estimate of drug-likeness (QED) is 0.293. The van der Waals surface area contributed by atoms with Gasteiger partial charge in [0.25, 0.3) is 0 Å². The number of hydrogen-bond donors (Lipinski definition) is 2. The molecular weight excluding hydrogens is 470 g/mol. The van der Waals surface area contributed by atoms with Gasteiger partial charge >= 0.3 is 0 Å². The molecule has 7 nitrogen and oxygen atoms in total. The van der Waals surface area contributed by atoms with E-state index >= 15 is 0 Å². The van der Waals surface area contributed by atoms with Crippen LogP contribution in [0.1, 0.15) is 18.9 Å². The summed E-state index contributed by atoms with van der Waals surface area (Å²) in [5.41, 5.74) is 10.9. The summed E-state index contributed by atoms with van der Waals surface area (Å²) in [6.07, 6.45) is 5.92. The van der Waals surface area contributed by atoms with E-state index in [0.717, 1.165) is 64.0 Å². The lowest BCUT2D eigenvalue weighted by Gasteiger charge is -2.38. The van der Waals surface area contributed by atoms with Crippen LogP contribution >= 0.6 is 11.6 Å². The summed E-state index contributed by atoms with van der Waals surface area (Å²) in [6, 6.07) is 18.4. The average Bonchev–Trinajstić information content (AvgIpc) is 3.21. The monoisotopic (exact) mass is 497 g/mol. The Bertz CT molecular complexity index is 1560. The molecule has 1 fully saturated rings. The normalized spacial score (nSPS) is 17.6. The van der Waals surface area contributed by atoms with Crippen molar-refractivity contribution in [2.75, 3.05) is 31.7 Å². The molecule has 5 aromatic rings. The van der Waals surface area contributed by atoms with Gasteiger partial charge in [0, 0.05) is 46.0 Å². The van der Waals surface area contributed by atoms with Gasteiger partial charge in [0.1, 0.15) is 23.6 Å². The van der Waals surface area contributed by atoms with Crippen molar-refractivity contribution in [3.8, 4) is 11.1 Å². The molecule has 0 unspecified atom stereocenters. The Morgan fingerprint density at radius 2 is 1.86 bits per heavy atom. The number of nitrogen functional groups attached to an aromatic ring is 1. The predicted octanol–water partition coefficient (Wildman–Crippen LogP) is 6.14. The Labute approximate surface area is 214 Å². The van der Waals surface area contributed by atoms with Crippen molar-refractivity contribution in [1.29, 1.82) is 0 Å². The summed E-state index contributed by atoms with van der Waals surface area (Å²) < 4.78 is 2.26. The van der Waals surface area contributed by atoms with E-state index in [9.17, 15) is 0 Å². The molecule has 6 rings (SSSR count). The van der Waals surface area contributed by atoms with Gasteiger partial charge in [0.15, 0.2) is 0 Å². The highest BCUT2D eigenvalue weighted by Crippen LogP contribution is 2.44. The van der Waals surface area contributed by atoms with Crippen molar-refractivity contribution >= 4 is 50.9 Å². The maximum Gasteiger partial charge on any atom is 0.146 e. The van der Waals surface area contributed by atoms with Crippen molar-refractivity contribution in [1.82, 2.24) is 24.4 Å². The largest absolute Gasteiger partial charge is 0.383 e. The number of benzene rings is 2. The SMILES string of the molecule is CN(C)CC1CC(n2cc(-c3cc4nc(Nc5ccccc5)ccc4cc3Cl)c3c(N)ncnc32)C1. The van der Waals surface area contributed by atoms with E-state index in [4.69, 9.17) is 22.3 Å². The van der Waals surface area contributed by atoms with Gasteiger partial charge < -0.3 is 20.5 Å². The van der Waals surface area contributed by atoms with Gasteiger partial charge in [0.05, 0.1) is 10.9 Å². The summed E-state index contributed by atoms with van der Waals surface area (Å²) in [4.78, 5) is 16.0. The molecule has 0 atom stereocenters. The van der Waals surface area contributed by atoms with Gasteiger partial charge in [-0.05, 0) is 69.3 Å². The third-order valence-electron chi connectivity index (χ3n) is 6.98. The standard InChI is InChI=1S/C28H28ClN7/c1-35(2)14-17-10-20(11-17)36-15-22(26-27(30)31-16-32-28(26)36)21-13-24-18(12-23(21)29)8-9-25(34-24)33-19-6-4-3-5-7-19/h3-9,12-13,15-17,20H,10-11,14H2,1-2H3,(H,33,34)(H2,30,31,32). The third kappa shape index (κ3) is 4.14. The Morgan fingerprint density at radius 3 is 2.64 bits per heavy atom. The molecule has 3 N–H and O–H groups in total. The predicted molar refractivity (Wildman–Crippen MR) is 148 cm³/mol. The van der Waals surface area contributed by atoms with Crippen LogP contribution in [0.25, 0.3) is 33.1 Å². The smallest absolute Gasteiger partial charge is 0.146 e. The molecule has 0 aliphatic heterocycles. The lowest BCUT2D eigenvalue weighted by molar-refractivity contribution is 0.159. The van der Waals surface area contributed by atoms with Crippen LogP contribution in [-0.4, -0.2) is 45.1 Å². The van der Waals surface area contributed by atoms with Crippen LogP contribution < -0.4 is 11.1 Å². The van der Waals surface area contributed by atoms with Crippen LogP contribution in [0.5, 0.6) is 0 Å². The molecule has 36 heavy (non-hydrogen) atoms. The van der Waals surface area contributed by atoms with Crippen LogP contribution in [0.2, 0.25) is 5.02 Å². The summed E-state index contributed by atoms with van der Waals surface area (Å²) >= 11 is 6.84. The fourth-order valence-electron chi connectivity index (χ4n) is 5.27. The first-order valence-corrected chi connectivity index (χ1v) is 12.5. The number of hydrogen-bond acceptors (Lipinski definition) is 6. The molecule has 1 saturated carbocycles. The van der Waals surface area contributed by atoms with Crippen molar-refractivity contribution in [3.63, 3.8) is 0 Å². The summed E-state index contributed by atoms with van der Waals surface area (Å²) in [6.45, 7) is 1.10. The zero-order valence-electron chi connectivity index (χ0n) is 20.3. The number of rotatable bonds is 6. The van der Waals surface area contributed by atoms with E-state index in [1.165, 1.54) is 0 Å². The van der Waals surface area contributed by atoms with Gasteiger partial charge in [0.2, 0.25) is 0 Å². The minimum atomic E-state index is 0.388. The van der Waals surface area contributed by atoms with E-state index in [1.807, 2.05) is 54.6 Å². The van der Waals surface area contributed by atoms with E-state index < -0.39 is 0 Å². The number of nitrogens with two attached hydrogens (primary N) is 1. The number of nitrogens with one attached hydrogen (secondary N) is 1. The topological polar surface area (TPSA) is 84.9 Å². The highest BCUT2D eigenvalue weighted by Gasteiger charge is 2.33. The van der Waals surface area contributed by atoms with Crippen molar-refractivity contribution in [3.05, 3.63) is 72.1 Å². The van der Waals surface area contributed by atoms with E-state index in [0.29, 0.717) is 22.8 Å². The number of anilines is 3. The Kier molecular flexibility index (Phi) is 5.74. The second kappa shape index (κ2) is 9.08. The van der Waals surface area contributed by atoms with Gasteiger partial charge in [-0.25, -0.2) is 15.0 Å². The van der Waals surface area contributed by atoms with Crippen molar-refractivity contribution in [2.24, 2.45) is 5.92 Å². The molecule has 1 aliphatic rings. The molecule has 3 aromatic heterocycles. The molecular formula is C28H28ClN7. The summed E-state index contributed by atoms with van der Waals surface area (Å²) in [7, 11) is 4.25. The van der Waals surface area contributed by atoms with Crippen LogP contribution in [0.15, 0.2) is 67.1 Å². The molecule has 0 bridgehead atoms. The number of nitrogens with zero attached hydrogens (tertiary/aromatic N) is 5. The molecule has 0 saturated heterocycles. The van der Waals surface area contributed by atoms with Crippen molar-refractivity contribution < 1.29 is 0 Å². The first-order chi connectivity index (χ1) is 17.5. The number of para-hydroxylation sites is 1. The first kappa shape index (κ1) is 22.8. The number of fused-ring (bicyclic) bond motifs is 2. The molecule has 3 heterocycles. The zero-order valence-corrected chi connectivity index (χ0v) is 21.1. The molecule has 182 valence electrons. The lowest BCUT2D eigenvalue weighted by Crippen LogP contribution is -2.33. The van der Waals surface area contributed by atoms with Crippen LogP contribution in [0.4, 0.5) is 17.3 Å². The van der Waals surface area contributed by atoms with Gasteiger partial charge in [-0.2, -0.15) is 0 Å². The van der Waals surface area contributed by atoms with E-state index in [2.05, 4.69) is 45.0 Å². The molecule has 0 spiro atoms. The Balaban J connectivity index is 1.41. The van der Waals surface area contributed by atoms with Crippen LogP contribution in [0, 0.1) is 5.92 Å². The van der Waals surface area contributed by atoms with Gasteiger partial charge in [-0.3, -0.25) is 0 Å². The number of pyridine rings is 1. The number of halogens is 1. The van der Waals surface area contributed by atoms with Crippen molar-refractivity contribution in [2.45, 2.75) is 18.9 Å². The fourth-order valence-corrected chi connectivity index (χ4v) is 5.55. The summed E-state index contributed by atoms with van der Waals surface area (Å²) in [5, 5.41) is 5.83. The Morgan fingerprint density at radius 1 is 1.06 bits per heavy atom. The minimum absolute atomic E-state index is 0.388. The van der Waals surface area contributed by atoms with Crippen LogP contribution in [-0.2, 0) is 0 Å². The first-order valence-electron chi connectivity index (χ1n) is 12.1. The molecule has 2 aromatic carbocycles. The average molecular weight is 498 g/mol. The highest BCUT2D eigenvalue weighted by atomic mass is 35.5. The molecule has 0 radical (unpaired) electrons. The van der Waals surface area contributed by atoms with E-state index in [-0.39, 0.29) is 0 Å².